The van der Waals surface area contributed by atoms with Crippen LogP contribution in [0.5, 0.6) is 0 Å². The summed E-state index contributed by atoms with van der Waals surface area (Å²) in [6.45, 7) is 8.50. The Labute approximate surface area is 182 Å². The minimum Gasteiger partial charge on any atom is -0.361 e. The summed E-state index contributed by atoms with van der Waals surface area (Å²) < 4.78 is 9.51. The van der Waals surface area contributed by atoms with Crippen LogP contribution in [-0.2, 0) is 11.5 Å². The van der Waals surface area contributed by atoms with Gasteiger partial charge in [0.15, 0.2) is 0 Å². The molecule has 0 aliphatic heterocycles. The lowest BCUT2D eigenvalue weighted by Gasteiger charge is -2.15. The molecule has 0 radical (unpaired) electrons. The molecule has 0 aliphatic carbocycles. The summed E-state index contributed by atoms with van der Waals surface area (Å²) in [5, 5.41) is 2.29. The summed E-state index contributed by atoms with van der Waals surface area (Å²) in [4.78, 5) is 11.7. The van der Waals surface area contributed by atoms with E-state index < -0.39 is 8.07 Å². The fraction of sp³-hybridized carbons (Fsp3) is 0.300. The van der Waals surface area contributed by atoms with Gasteiger partial charge in [-0.05, 0) is 74.3 Å². The standard InChI is InChI=1S/C13H19BrN2OSi.C7H5BrN2/c1-18(2,3)9-8-17-10-16-7-6-11-4-5-12(14)15-13(11)16;8-6-2-1-5-3-4-9-7(5)10-6/h4-7H,8-10H2,1-3H3;1-4H,(H,9,10). The second-order valence-corrected chi connectivity index (χ2v) is 15.0. The molecular formula is C20H24Br2N4OSi. The van der Waals surface area contributed by atoms with Crippen LogP contribution in [0.2, 0.25) is 25.7 Å². The summed E-state index contributed by atoms with van der Waals surface area (Å²) in [7, 11) is -0.999. The third kappa shape index (κ3) is 6.01. The molecule has 0 aliphatic rings. The van der Waals surface area contributed by atoms with Crippen molar-refractivity contribution in [2.24, 2.45) is 0 Å². The van der Waals surface area contributed by atoms with E-state index in [2.05, 4.69) is 78.6 Å². The molecule has 0 unspecified atom stereocenters. The molecule has 1 N–H and O–H groups in total. The average Bonchev–Trinajstić information content (AvgIpc) is 3.24. The molecule has 5 nitrogen and oxygen atoms in total. The summed E-state index contributed by atoms with van der Waals surface area (Å²) in [5.41, 5.74) is 1.90. The highest BCUT2D eigenvalue weighted by Gasteiger charge is 2.12. The fourth-order valence-corrected chi connectivity index (χ4v) is 3.96. The monoisotopic (exact) mass is 522 g/mol. The molecule has 148 valence electrons. The van der Waals surface area contributed by atoms with Crippen LogP contribution >= 0.6 is 31.9 Å². The zero-order chi connectivity index (χ0) is 20.1. The van der Waals surface area contributed by atoms with Crippen molar-refractivity contribution in [3.05, 3.63) is 58.0 Å². The SMILES string of the molecule is Brc1ccc2cc[nH]c2n1.C[Si](C)(C)CCOCn1ccc2ccc(Br)nc21. The van der Waals surface area contributed by atoms with E-state index in [1.165, 1.54) is 6.04 Å². The first-order valence-electron chi connectivity index (χ1n) is 9.11. The molecule has 0 aromatic carbocycles. The Kier molecular flexibility index (Phi) is 7.08. The topological polar surface area (TPSA) is 55.7 Å². The van der Waals surface area contributed by atoms with Crippen LogP contribution in [0.15, 0.2) is 58.0 Å². The summed E-state index contributed by atoms with van der Waals surface area (Å²) in [6.07, 6.45) is 3.91. The smallest absolute Gasteiger partial charge is 0.143 e. The van der Waals surface area contributed by atoms with E-state index in [4.69, 9.17) is 4.74 Å². The maximum Gasteiger partial charge on any atom is 0.143 e. The first kappa shape index (κ1) is 21.2. The Bertz CT molecular complexity index is 1060. The van der Waals surface area contributed by atoms with Gasteiger partial charge in [-0.2, -0.15) is 0 Å². The number of hydrogen-bond donors (Lipinski definition) is 1. The molecule has 0 bridgehead atoms. The Balaban J connectivity index is 0.000000188. The summed E-state index contributed by atoms with van der Waals surface area (Å²) >= 11 is 6.69. The number of nitrogens with zero attached hydrogens (tertiary/aromatic N) is 3. The Morgan fingerprint density at radius 1 is 0.964 bits per heavy atom. The van der Waals surface area contributed by atoms with E-state index in [-0.39, 0.29) is 0 Å². The van der Waals surface area contributed by atoms with E-state index in [0.717, 1.165) is 37.9 Å². The molecule has 4 aromatic rings. The van der Waals surface area contributed by atoms with Crippen molar-refractivity contribution in [3.63, 3.8) is 0 Å². The van der Waals surface area contributed by atoms with E-state index in [9.17, 15) is 0 Å². The van der Waals surface area contributed by atoms with Crippen molar-refractivity contribution in [3.8, 4) is 0 Å². The van der Waals surface area contributed by atoms with Crippen LogP contribution in [-0.4, -0.2) is 34.2 Å². The number of fused-ring (bicyclic) bond motifs is 2. The molecule has 0 spiro atoms. The molecule has 28 heavy (non-hydrogen) atoms. The lowest BCUT2D eigenvalue weighted by atomic mass is 10.3. The number of aromatic amines is 1. The molecular weight excluding hydrogens is 500 g/mol. The Hall–Kier alpha value is -1.48. The highest BCUT2D eigenvalue weighted by molar-refractivity contribution is 9.10. The highest BCUT2D eigenvalue weighted by atomic mass is 79.9. The van der Waals surface area contributed by atoms with Crippen LogP contribution in [0.1, 0.15) is 0 Å². The second kappa shape index (κ2) is 9.34. The van der Waals surface area contributed by atoms with Crippen LogP contribution in [0, 0.1) is 0 Å². The van der Waals surface area contributed by atoms with Crippen molar-refractivity contribution in [2.75, 3.05) is 6.61 Å². The number of pyridine rings is 2. The number of hydrogen-bond acceptors (Lipinski definition) is 3. The van der Waals surface area contributed by atoms with Crippen LogP contribution < -0.4 is 0 Å². The molecule has 4 heterocycles. The maximum absolute atomic E-state index is 5.74. The van der Waals surface area contributed by atoms with Gasteiger partial charge in [0.2, 0.25) is 0 Å². The van der Waals surface area contributed by atoms with Gasteiger partial charge in [0.1, 0.15) is 27.2 Å². The van der Waals surface area contributed by atoms with Crippen LogP contribution in [0.3, 0.4) is 0 Å². The molecule has 0 saturated heterocycles. The van der Waals surface area contributed by atoms with E-state index in [0.29, 0.717) is 6.73 Å². The van der Waals surface area contributed by atoms with E-state index in [1.807, 2.05) is 41.2 Å². The normalized spacial score (nSPS) is 11.6. The van der Waals surface area contributed by atoms with Crippen molar-refractivity contribution in [1.82, 2.24) is 19.5 Å². The number of rotatable bonds is 5. The van der Waals surface area contributed by atoms with Gasteiger partial charge in [-0.15, -0.1) is 0 Å². The summed E-state index contributed by atoms with van der Waals surface area (Å²) in [5.74, 6) is 0. The predicted molar refractivity (Wildman–Crippen MR) is 125 cm³/mol. The van der Waals surface area contributed by atoms with Crippen molar-refractivity contribution < 1.29 is 4.74 Å². The van der Waals surface area contributed by atoms with Gasteiger partial charge in [0.25, 0.3) is 0 Å². The number of H-pyrrole nitrogens is 1. The zero-order valence-corrected chi connectivity index (χ0v) is 20.4. The van der Waals surface area contributed by atoms with Crippen LogP contribution in [0.4, 0.5) is 0 Å². The average molecular weight is 524 g/mol. The molecule has 0 saturated carbocycles. The first-order valence-corrected chi connectivity index (χ1v) is 14.4. The first-order chi connectivity index (χ1) is 13.3. The van der Waals surface area contributed by atoms with Gasteiger partial charge < -0.3 is 14.3 Å². The van der Waals surface area contributed by atoms with Gasteiger partial charge >= 0.3 is 0 Å². The van der Waals surface area contributed by atoms with Crippen molar-refractivity contribution in [1.29, 1.82) is 0 Å². The number of ether oxygens (including phenoxy) is 1. The van der Waals surface area contributed by atoms with Gasteiger partial charge in [0.05, 0.1) is 0 Å². The third-order valence-corrected chi connectivity index (χ3v) is 6.77. The number of nitrogens with one attached hydrogen (secondary N) is 1. The molecule has 0 amide bonds. The molecule has 4 rings (SSSR count). The predicted octanol–water partition coefficient (Wildman–Crippen LogP) is 6.44. The Morgan fingerprint density at radius 2 is 1.68 bits per heavy atom. The second-order valence-electron chi connectivity index (χ2n) is 7.73. The lowest BCUT2D eigenvalue weighted by Crippen LogP contribution is -2.22. The third-order valence-electron chi connectivity index (χ3n) is 4.18. The lowest BCUT2D eigenvalue weighted by molar-refractivity contribution is 0.0899. The van der Waals surface area contributed by atoms with Gasteiger partial charge in [-0.3, -0.25) is 0 Å². The van der Waals surface area contributed by atoms with Crippen LogP contribution in [0.25, 0.3) is 22.1 Å². The highest BCUT2D eigenvalue weighted by Crippen LogP contribution is 2.17. The minimum absolute atomic E-state index is 0.581. The Morgan fingerprint density at radius 3 is 2.43 bits per heavy atom. The van der Waals surface area contributed by atoms with Crippen molar-refractivity contribution >= 4 is 62.0 Å². The van der Waals surface area contributed by atoms with Gasteiger partial charge in [0, 0.05) is 37.8 Å². The zero-order valence-electron chi connectivity index (χ0n) is 16.2. The minimum atomic E-state index is -0.999. The quantitative estimate of drug-likeness (QED) is 0.186. The maximum atomic E-state index is 5.74. The molecule has 4 aromatic heterocycles. The van der Waals surface area contributed by atoms with Crippen molar-refractivity contribution in [2.45, 2.75) is 32.4 Å². The molecule has 0 atom stereocenters. The number of halogens is 2. The van der Waals surface area contributed by atoms with E-state index in [1.54, 1.807) is 0 Å². The molecule has 8 heteroatoms. The molecule has 0 fully saturated rings. The van der Waals surface area contributed by atoms with Gasteiger partial charge in [-0.25, -0.2) is 9.97 Å². The van der Waals surface area contributed by atoms with E-state index >= 15 is 0 Å². The fourth-order valence-electron chi connectivity index (χ4n) is 2.59. The number of aromatic nitrogens is 4. The summed E-state index contributed by atoms with van der Waals surface area (Å²) in [6, 6.07) is 13.2. The van der Waals surface area contributed by atoms with Gasteiger partial charge in [-0.1, -0.05) is 19.6 Å². The largest absolute Gasteiger partial charge is 0.361 e.